The van der Waals surface area contributed by atoms with Crippen molar-refractivity contribution in [1.29, 1.82) is 0 Å². The van der Waals surface area contributed by atoms with E-state index in [9.17, 15) is 8.78 Å². The summed E-state index contributed by atoms with van der Waals surface area (Å²) in [6, 6.07) is 0. The SMILES string of the molecule is CC(C)(C)c1oc(I)nc1C(F)F. The Labute approximate surface area is 88.9 Å². The number of nitrogens with zero attached hydrogens (tertiary/aromatic N) is 1. The first-order valence-corrected chi connectivity index (χ1v) is 4.85. The minimum Gasteiger partial charge on any atom is -0.436 e. The fraction of sp³-hybridized carbons (Fsp3) is 0.625. The van der Waals surface area contributed by atoms with E-state index < -0.39 is 11.8 Å². The lowest BCUT2D eigenvalue weighted by molar-refractivity contribution is 0.142. The molecule has 0 unspecified atom stereocenters. The smallest absolute Gasteiger partial charge is 0.283 e. The minimum absolute atomic E-state index is 0.239. The number of halogens is 3. The summed E-state index contributed by atoms with van der Waals surface area (Å²) >= 11 is 1.79. The molecule has 5 heteroatoms. The van der Waals surface area contributed by atoms with Crippen LogP contribution in [0.5, 0.6) is 0 Å². The standard InChI is InChI=1S/C8H10F2INO/c1-8(2,3)5-4(6(9)10)12-7(11)13-5/h6H,1-3H3. The summed E-state index contributed by atoms with van der Waals surface area (Å²) in [5.41, 5.74) is -0.667. The molecule has 0 aromatic carbocycles. The number of rotatable bonds is 1. The Morgan fingerprint density at radius 3 is 2.23 bits per heavy atom. The van der Waals surface area contributed by atoms with Crippen molar-refractivity contribution >= 4 is 22.6 Å². The normalized spacial score (nSPS) is 12.5. The van der Waals surface area contributed by atoms with Gasteiger partial charge in [-0.05, 0) is 0 Å². The Bertz CT molecular complexity index is 304. The third-order valence-electron chi connectivity index (χ3n) is 1.52. The molecule has 0 aliphatic carbocycles. The van der Waals surface area contributed by atoms with Crippen molar-refractivity contribution in [3.8, 4) is 0 Å². The molecule has 0 fully saturated rings. The van der Waals surface area contributed by atoms with Crippen LogP contribution in [0.15, 0.2) is 4.42 Å². The van der Waals surface area contributed by atoms with Gasteiger partial charge < -0.3 is 4.42 Å². The maximum atomic E-state index is 12.4. The number of oxazole rings is 1. The fourth-order valence-corrected chi connectivity index (χ4v) is 1.47. The lowest BCUT2D eigenvalue weighted by Gasteiger charge is -2.15. The number of hydrogen-bond acceptors (Lipinski definition) is 2. The van der Waals surface area contributed by atoms with Gasteiger partial charge in [0.25, 0.3) is 10.3 Å². The largest absolute Gasteiger partial charge is 0.436 e. The molecule has 1 aromatic rings. The highest BCUT2D eigenvalue weighted by Gasteiger charge is 2.29. The summed E-state index contributed by atoms with van der Waals surface area (Å²) < 4.78 is 30.3. The third-order valence-corrected chi connectivity index (χ3v) is 1.98. The summed E-state index contributed by atoms with van der Waals surface area (Å²) in [4.78, 5) is 3.65. The average molecular weight is 301 g/mol. The van der Waals surface area contributed by atoms with Crippen LogP contribution in [-0.2, 0) is 5.41 Å². The van der Waals surface area contributed by atoms with Crippen molar-refractivity contribution in [2.24, 2.45) is 0 Å². The summed E-state index contributed by atoms with van der Waals surface area (Å²) in [7, 11) is 0. The Kier molecular flexibility index (Phi) is 2.94. The van der Waals surface area contributed by atoms with Gasteiger partial charge in [0.15, 0.2) is 0 Å². The lowest BCUT2D eigenvalue weighted by atomic mass is 9.92. The molecule has 0 spiro atoms. The average Bonchev–Trinajstić information content (AvgIpc) is 2.29. The van der Waals surface area contributed by atoms with Crippen molar-refractivity contribution < 1.29 is 13.2 Å². The molecule has 0 radical (unpaired) electrons. The fourth-order valence-electron chi connectivity index (χ4n) is 0.990. The molecule has 0 amide bonds. The molecular weight excluding hydrogens is 291 g/mol. The molecule has 0 N–H and O–H groups in total. The molecule has 74 valence electrons. The van der Waals surface area contributed by atoms with Crippen LogP contribution in [0, 0.1) is 3.90 Å². The van der Waals surface area contributed by atoms with E-state index in [-0.39, 0.29) is 15.4 Å². The molecule has 0 saturated heterocycles. The molecule has 1 rings (SSSR count). The van der Waals surface area contributed by atoms with E-state index in [1.165, 1.54) is 0 Å². The first-order valence-electron chi connectivity index (χ1n) is 3.77. The first kappa shape index (κ1) is 10.9. The van der Waals surface area contributed by atoms with Crippen LogP contribution in [0.4, 0.5) is 8.78 Å². The molecule has 1 aromatic heterocycles. The van der Waals surface area contributed by atoms with Crippen LogP contribution in [-0.4, -0.2) is 4.98 Å². The van der Waals surface area contributed by atoms with Gasteiger partial charge in [-0.1, -0.05) is 20.8 Å². The highest BCUT2D eigenvalue weighted by Crippen LogP contribution is 2.32. The molecule has 0 aliphatic rings. The molecular formula is C8H10F2INO. The van der Waals surface area contributed by atoms with E-state index >= 15 is 0 Å². The summed E-state index contributed by atoms with van der Waals surface area (Å²) in [5, 5.41) is 0. The highest BCUT2D eigenvalue weighted by molar-refractivity contribution is 14.1. The quantitative estimate of drug-likeness (QED) is 0.742. The van der Waals surface area contributed by atoms with Crippen LogP contribution in [0.1, 0.15) is 38.7 Å². The Balaban J connectivity index is 3.20. The summed E-state index contributed by atoms with van der Waals surface area (Å²) in [6.07, 6.45) is -2.57. The van der Waals surface area contributed by atoms with Crippen molar-refractivity contribution in [1.82, 2.24) is 4.98 Å². The number of alkyl halides is 2. The van der Waals surface area contributed by atoms with Gasteiger partial charge in [-0.25, -0.2) is 13.8 Å². The predicted octanol–water partition coefficient (Wildman–Crippen LogP) is 3.51. The molecule has 1 heterocycles. The van der Waals surface area contributed by atoms with E-state index in [1.54, 1.807) is 22.6 Å². The van der Waals surface area contributed by atoms with Gasteiger partial charge in [0.2, 0.25) is 0 Å². The zero-order valence-electron chi connectivity index (χ0n) is 7.57. The van der Waals surface area contributed by atoms with Gasteiger partial charge in [0.1, 0.15) is 11.5 Å². The second-order valence-corrected chi connectivity index (χ2v) is 4.65. The van der Waals surface area contributed by atoms with E-state index in [1.807, 2.05) is 20.8 Å². The summed E-state index contributed by atoms with van der Waals surface area (Å²) in [6.45, 7) is 5.44. The maximum absolute atomic E-state index is 12.4. The second kappa shape index (κ2) is 3.51. The highest BCUT2D eigenvalue weighted by atomic mass is 127. The molecule has 0 saturated carbocycles. The van der Waals surface area contributed by atoms with Crippen LogP contribution >= 0.6 is 22.6 Å². The van der Waals surface area contributed by atoms with Crippen LogP contribution in [0.3, 0.4) is 0 Å². The van der Waals surface area contributed by atoms with Gasteiger partial charge in [-0.15, -0.1) is 0 Å². The lowest BCUT2D eigenvalue weighted by Crippen LogP contribution is -2.12. The first-order chi connectivity index (χ1) is 5.82. The number of hydrogen-bond donors (Lipinski definition) is 0. The molecule has 0 atom stereocenters. The van der Waals surface area contributed by atoms with Crippen molar-refractivity contribution in [3.05, 3.63) is 15.4 Å². The van der Waals surface area contributed by atoms with Gasteiger partial charge in [0, 0.05) is 28.0 Å². The molecule has 2 nitrogen and oxygen atoms in total. The van der Waals surface area contributed by atoms with Crippen LogP contribution in [0.2, 0.25) is 0 Å². The predicted molar refractivity (Wildman–Crippen MR) is 52.9 cm³/mol. The molecule has 0 aliphatic heterocycles. The second-order valence-electron chi connectivity index (χ2n) is 3.73. The van der Waals surface area contributed by atoms with Crippen molar-refractivity contribution in [2.45, 2.75) is 32.6 Å². The topological polar surface area (TPSA) is 26.0 Å². The van der Waals surface area contributed by atoms with Crippen LogP contribution < -0.4 is 0 Å². The zero-order valence-corrected chi connectivity index (χ0v) is 9.72. The Morgan fingerprint density at radius 2 is 1.92 bits per heavy atom. The minimum atomic E-state index is -2.57. The van der Waals surface area contributed by atoms with E-state index in [0.717, 1.165) is 0 Å². The van der Waals surface area contributed by atoms with Gasteiger partial charge in [0.05, 0.1) is 0 Å². The zero-order chi connectivity index (χ0) is 10.2. The van der Waals surface area contributed by atoms with Gasteiger partial charge >= 0.3 is 0 Å². The van der Waals surface area contributed by atoms with E-state index in [2.05, 4.69) is 4.98 Å². The molecule has 13 heavy (non-hydrogen) atoms. The Hall–Kier alpha value is -0.200. The van der Waals surface area contributed by atoms with Crippen molar-refractivity contribution in [2.75, 3.05) is 0 Å². The maximum Gasteiger partial charge on any atom is 0.283 e. The molecule has 0 bridgehead atoms. The monoisotopic (exact) mass is 301 g/mol. The Morgan fingerprint density at radius 1 is 1.38 bits per heavy atom. The van der Waals surface area contributed by atoms with E-state index in [4.69, 9.17) is 4.42 Å². The van der Waals surface area contributed by atoms with Gasteiger partial charge in [-0.3, -0.25) is 0 Å². The number of aromatic nitrogens is 1. The van der Waals surface area contributed by atoms with Crippen molar-refractivity contribution in [3.63, 3.8) is 0 Å². The van der Waals surface area contributed by atoms with Gasteiger partial charge in [-0.2, -0.15) is 0 Å². The van der Waals surface area contributed by atoms with Crippen LogP contribution in [0.25, 0.3) is 0 Å². The van der Waals surface area contributed by atoms with E-state index in [0.29, 0.717) is 0 Å². The summed E-state index contributed by atoms with van der Waals surface area (Å²) in [5.74, 6) is 0.270. The third kappa shape index (κ3) is 2.38.